The summed E-state index contributed by atoms with van der Waals surface area (Å²) in [4.78, 5) is 34.7. The zero-order chi connectivity index (χ0) is 22.9. The summed E-state index contributed by atoms with van der Waals surface area (Å²) in [5, 5.41) is 8.67. The Hall–Kier alpha value is -3.59. The minimum Gasteiger partial charge on any atom is -0.338 e. The van der Waals surface area contributed by atoms with Crippen LogP contribution in [0.4, 0.5) is 4.39 Å². The summed E-state index contributed by atoms with van der Waals surface area (Å²) in [5.74, 6) is -0.387. The van der Waals surface area contributed by atoms with Crippen LogP contribution in [-0.2, 0) is 6.54 Å². The molecule has 2 aromatic carbocycles. The maximum Gasteiger partial charge on any atom is 0.281 e. The van der Waals surface area contributed by atoms with Crippen LogP contribution in [0.15, 0.2) is 53.3 Å². The number of aromatic nitrogens is 5. The van der Waals surface area contributed by atoms with Crippen LogP contribution in [0.5, 0.6) is 0 Å². The molecule has 168 valence electrons. The molecule has 0 spiro atoms. The van der Waals surface area contributed by atoms with Gasteiger partial charge in [0, 0.05) is 29.6 Å². The highest BCUT2D eigenvalue weighted by Gasteiger charge is 2.28. The van der Waals surface area contributed by atoms with E-state index >= 15 is 0 Å². The number of benzene rings is 2. The van der Waals surface area contributed by atoms with Crippen LogP contribution < -0.4 is 5.56 Å². The van der Waals surface area contributed by atoms with Crippen molar-refractivity contribution in [3.8, 4) is 0 Å². The van der Waals surface area contributed by atoms with Crippen LogP contribution in [0.25, 0.3) is 11.2 Å². The van der Waals surface area contributed by atoms with Crippen LogP contribution in [0.1, 0.15) is 40.5 Å². The first-order chi connectivity index (χ1) is 16.0. The molecule has 3 heterocycles. The van der Waals surface area contributed by atoms with Crippen molar-refractivity contribution in [1.82, 2.24) is 29.9 Å². The molecule has 0 saturated carbocycles. The number of likely N-dealkylation sites (tertiary alicyclic amines) is 1. The highest BCUT2D eigenvalue weighted by atomic mass is 35.5. The van der Waals surface area contributed by atoms with Gasteiger partial charge in [0.2, 0.25) is 0 Å². The second-order valence-electron chi connectivity index (χ2n) is 8.06. The molecule has 1 N–H and O–H groups in total. The number of rotatable bonds is 4. The number of fused-ring (bicyclic) bond motifs is 1. The molecular weight excluding hydrogens is 447 g/mol. The topological polar surface area (TPSA) is 96.8 Å². The average molecular weight is 467 g/mol. The molecule has 10 heteroatoms. The lowest BCUT2D eigenvalue weighted by Gasteiger charge is -2.32. The van der Waals surface area contributed by atoms with E-state index < -0.39 is 5.82 Å². The summed E-state index contributed by atoms with van der Waals surface area (Å²) in [5.41, 5.74) is 1.26. The van der Waals surface area contributed by atoms with Crippen molar-refractivity contribution < 1.29 is 9.18 Å². The molecule has 1 saturated heterocycles. The Labute approximate surface area is 193 Å². The maximum absolute atomic E-state index is 13.6. The van der Waals surface area contributed by atoms with E-state index in [0.29, 0.717) is 41.7 Å². The number of hydrogen-bond donors (Lipinski definition) is 1. The van der Waals surface area contributed by atoms with Gasteiger partial charge in [0.15, 0.2) is 11.2 Å². The van der Waals surface area contributed by atoms with Gasteiger partial charge in [-0.05, 0) is 42.7 Å². The largest absolute Gasteiger partial charge is 0.338 e. The number of H-pyrrole nitrogens is 1. The van der Waals surface area contributed by atoms with E-state index in [9.17, 15) is 14.0 Å². The fourth-order valence-electron chi connectivity index (χ4n) is 4.16. The molecule has 4 aromatic rings. The molecule has 1 amide bonds. The molecule has 0 aliphatic carbocycles. The number of halogens is 2. The van der Waals surface area contributed by atoms with Crippen molar-refractivity contribution in [3.05, 3.63) is 86.7 Å². The van der Waals surface area contributed by atoms with Gasteiger partial charge in [-0.1, -0.05) is 41.1 Å². The van der Waals surface area contributed by atoms with Gasteiger partial charge in [0.1, 0.15) is 11.6 Å². The Bertz CT molecular complexity index is 1400. The molecule has 2 aromatic heterocycles. The molecular formula is C23H20ClFN6O2. The number of aromatic amines is 1. The number of carbonyl (C=O) groups is 1. The van der Waals surface area contributed by atoms with Crippen LogP contribution >= 0.6 is 11.6 Å². The molecule has 1 aliphatic heterocycles. The Morgan fingerprint density at radius 3 is 2.88 bits per heavy atom. The van der Waals surface area contributed by atoms with Crippen molar-refractivity contribution in [3.63, 3.8) is 0 Å². The molecule has 0 unspecified atom stereocenters. The first kappa shape index (κ1) is 21.3. The fourth-order valence-corrected chi connectivity index (χ4v) is 4.36. The van der Waals surface area contributed by atoms with E-state index in [-0.39, 0.29) is 22.9 Å². The standard InChI is InChI=1S/C23H20ClFN6O2/c24-18-9-2-1-5-15(18)13-31-21-19(28-29-31)22(32)27-20(26-21)16-7-4-10-30(12-16)23(33)14-6-3-8-17(25)11-14/h1-3,5-6,8-9,11,16H,4,7,10,12-13H2,(H,26,27,32)/t16-/m0/s1. The van der Waals surface area contributed by atoms with Crippen molar-refractivity contribution in [2.45, 2.75) is 25.3 Å². The van der Waals surface area contributed by atoms with Crippen LogP contribution in [0.3, 0.4) is 0 Å². The quantitative estimate of drug-likeness (QED) is 0.497. The van der Waals surface area contributed by atoms with E-state index in [1.807, 2.05) is 18.2 Å². The Morgan fingerprint density at radius 2 is 2.06 bits per heavy atom. The molecule has 33 heavy (non-hydrogen) atoms. The van der Waals surface area contributed by atoms with Crippen LogP contribution in [0.2, 0.25) is 5.02 Å². The first-order valence-corrected chi connectivity index (χ1v) is 11.0. The van der Waals surface area contributed by atoms with Gasteiger partial charge >= 0.3 is 0 Å². The molecule has 0 bridgehead atoms. The molecule has 1 aliphatic rings. The van der Waals surface area contributed by atoms with Gasteiger partial charge in [-0.2, -0.15) is 0 Å². The third-order valence-corrected chi connectivity index (χ3v) is 6.21. The number of hydrogen-bond acceptors (Lipinski definition) is 5. The highest BCUT2D eigenvalue weighted by molar-refractivity contribution is 6.31. The molecule has 0 radical (unpaired) electrons. The van der Waals surface area contributed by atoms with E-state index in [1.165, 1.54) is 18.2 Å². The summed E-state index contributed by atoms with van der Waals surface area (Å²) in [6, 6.07) is 13.0. The van der Waals surface area contributed by atoms with Crippen molar-refractivity contribution in [1.29, 1.82) is 0 Å². The lowest BCUT2D eigenvalue weighted by molar-refractivity contribution is 0.0704. The van der Waals surface area contributed by atoms with E-state index in [0.717, 1.165) is 18.4 Å². The third kappa shape index (κ3) is 4.23. The van der Waals surface area contributed by atoms with E-state index in [1.54, 1.807) is 21.7 Å². The number of nitrogens with one attached hydrogen (secondary N) is 1. The zero-order valence-electron chi connectivity index (χ0n) is 17.5. The lowest BCUT2D eigenvalue weighted by Crippen LogP contribution is -2.40. The Kier molecular flexibility index (Phi) is 5.63. The lowest BCUT2D eigenvalue weighted by atomic mass is 9.96. The average Bonchev–Trinajstić information content (AvgIpc) is 3.23. The molecule has 5 rings (SSSR count). The van der Waals surface area contributed by atoms with Gasteiger partial charge in [0.05, 0.1) is 6.54 Å². The van der Waals surface area contributed by atoms with Crippen LogP contribution in [-0.4, -0.2) is 48.9 Å². The van der Waals surface area contributed by atoms with Crippen molar-refractivity contribution in [2.75, 3.05) is 13.1 Å². The van der Waals surface area contributed by atoms with Crippen LogP contribution in [0, 0.1) is 5.82 Å². The first-order valence-electron chi connectivity index (χ1n) is 10.6. The number of carbonyl (C=O) groups excluding carboxylic acids is 1. The molecule has 1 atom stereocenters. The second kappa shape index (κ2) is 8.74. The maximum atomic E-state index is 13.6. The predicted octanol–water partition coefficient (Wildman–Crippen LogP) is 3.38. The summed E-state index contributed by atoms with van der Waals surface area (Å²) < 4.78 is 15.1. The predicted molar refractivity (Wildman–Crippen MR) is 121 cm³/mol. The fraction of sp³-hybridized carbons (Fsp3) is 0.261. The zero-order valence-corrected chi connectivity index (χ0v) is 18.3. The van der Waals surface area contributed by atoms with E-state index in [4.69, 9.17) is 11.6 Å². The number of amides is 1. The summed E-state index contributed by atoms with van der Waals surface area (Å²) in [6.07, 6.45) is 1.50. The summed E-state index contributed by atoms with van der Waals surface area (Å²) in [6.45, 7) is 1.25. The second-order valence-corrected chi connectivity index (χ2v) is 8.47. The summed E-state index contributed by atoms with van der Waals surface area (Å²) in [7, 11) is 0. The summed E-state index contributed by atoms with van der Waals surface area (Å²) >= 11 is 6.27. The minimum absolute atomic E-state index is 0.148. The van der Waals surface area contributed by atoms with Gasteiger partial charge in [-0.25, -0.2) is 14.1 Å². The third-order valence-electron chi connectivity index (χ3n) is 5.84. The van der Waals surface area contributed by atoms with E-state index in [2.05, 4.69) is 20.3 Å². The minimum atomic E-state index is -0.454. The number of piperidine rings is 1. The van der Waals surface area contributed by atoms with Crippen molar-refractivity contribution in [2.24, 2.45) is 0 Å². The van der Waals surface area contributed by atoms with Gasteiger partial charge in [-0.15, -0.1) is 5.10 Å². The van der Waals surface area contributed by atoms with Gasteiger partial charge in [-0.3, -0.25) is 9.59 Å². The SMILES string of the molecule is O=C(c1cccc(F)c1)N1CCC[C@H](c2nc3c(nnn3Cc3ccccc3Cl)c(=O)[nH]2)C1. The van der Waals surface area contributed by atoms with Gasteiger partial charge < -0.3 is 9.88 Å². The van der Waals surface area contributed by atoms with Gasteiger partial charge in [0.25, 0.3) is 11.5 Å². The Morgan fingerprint density at radius 1 is 1.21 bits per heavy atom. The Balaban J connectivity index is 1.44. The van der Waals surface area contributed by atoms with Crippen molar-refractivity contribution >= 4 is 28.7 Å². The monoisotopic (exact) mass is 466 g/mol. The highest BCUT2D eigenvalue weighted by Crippen LogP contribution is 2.26. The normalized spacial score (nSPS) is 16.3. The smallest absolute Gasteiger partial charge is 0.281 e. The molecule has 1 fully saturated rings. The molecule has 8 nitrogen and oxygen atoms in total. The number of nitrogens with zero attached hydrogens (tertiary/aromatic N) is 5.